The average Bonchev–Trinajstić information content (AvgIpc) is 2.80. The van der Waals surface area contributed by atoms with Gasteiger partial charge in [0.15, 0.2) is 5.60 Å². The Hall–Kier alpha value is -2.73. The standard InChI is InChI=1S/C25H29FN2O3/c1-24(31-2,19-6-4-3-5-7-19)23(30)28-14-12-25(13-15-28)16-22(29)27-17-21(25)18-8-10-20(26)11-9-18/h3-11,21H,12-17H2,1-2H3,(H,27,29). The lowest BCUT2D eigenvalue weighted by atomic mass is 9.62. The van der Waals surface area contributed by atoms with Gasteiger partial charge in [-0.1, -0.05) is 42.5 Å². The van der Waals surface area contributed by atoms with E-state index in [1.165, 1.54) is 12.1 Å². The Morgan fingerprint density at radius 1 is 1.13 bits per heavy atom. The van der Waals surface area contributed by atoms with E-state index in [0.29, 0.717) is 26.1 Å². The Balaban J connectivity index is 1.54. The van der Waals surface area contributed by atoms with Crippen LogP contribution in [-0.4, -0.2) is 43.5 Å². The smallest absolute Gasteiger partial charge is 0.259 e. The third-order valence-electron chi connectivity index (χ3n) is 7.21. The molecule has 4 rings (SSSR count). The fraction of sp³-hybridized carbons (Fsp3) is 0.440. The van der Waals surface area contributed by atoms with Gasteiger partial charge < -0.3 is 15.0 Å². The van der Waals surface area contributed by atoms with E-state index in [-0.39, 0.29) is 29.0 Å². The first kappa shape index (κ1) is 21.5. The summed E-state index contributed by atoms with van der Waals surface area (Å²) in [6.45, 7) is 3.48. The molecule has 1 N–H and O–H groups in total. The summed E-state index contributed by atoms with van der Waals surface area (Å²) in [6, 6.07) is 16.1. The largest absolute Gasteiger partial charge is 0.364 e. The number of hydrogen-bond donors (Lipinski definition) is 1. The summed E-state index contributed by atoms with van der Waals surface area (Å²) in [6.07, 6.45) is 1.88. The van der Waals surface area contributed by atoms with E-state index >= 15 is 0 Å². The molecule has 6 heteroatoms. The minimum absolute atomic E-state index is 0.0455. The van der Waals surface area contributed by atoms with Crippen LogP contribution in [0.1, 0.15) is 43.2 Å². The Morgan fingerprint density at radius 2 is 1.77 bits per heavy atom. The van der Waals surface area contributed by atoms with Crippen molar-refractivity contribution in [3.63, 3.8) is 0 Å². The molecule has 2 unspecified atom stereocenters. The number of carbonyl (C=O) groups excluding carboxylic acids is 2. The average molecular weight is 425 g/mol. The number of methoxy groups -OCH3 is 1. The maximum absolute atomic E-state index is 13.5. The van der Waals surface area contributed by atoms with E-state index in [9.17, 15) is 14.0 Å². The molecule has 5 nitrogen and oxygen atoms in total. The summed E-state index contributed by atoms with van der Waals surface area (Å²) >= 11 is 0. The summed E-state index contributed by atoms with van der Waals surface area (Å²) in [4.78, 5) is 27.6. The molecule has 2 aliphatic heterocycles. The highest BCUT2D eigenvalue weighted by atomic mass is 19.1. The molecule has 2 amide bonds. The summed E-state index contributed by atoms with van der Waals surface area (Å²) in [5, 5.41) is 2.97. The topological polar surface area (TPSA) is 58.6 Å². The van der Waals surface area contributed by atoms with Gasteiger partial charge in [0.2, 0.25) is 5.91 Å². The van der Waals surface area contributed by atoms with Gasteiger partial charge in [0.1, 0.15) is 5.82 Å². The van der Waals surface area contributed by atoms with Crippen molar-refractivity contribution < 1.29 is 18.7 Å². The molecule has 2 aromatic rings. The molecule has 0 aliphatic carbocycles. The van der Waals surface area contributed by atoms with Crippen LogP contribution < -0.4 is 5.32 Å². The van der Waals surface area contributed by atoms with Crippen molar-refractivity contribution in [2.45, 2.75) is 37.7 Å². The number of hydrogen-bond acceptors (Lipinski definition) is 3. The molecule has 0 radical (unpaired) electrons. The van der Waals surface area contributed by atoms with Gasteiger partial charge in [0, 0.05) is 39.1 Å². The van der Waals surface area contributed by atoms with Gasteiger partial charge in [-0.15, -0.1) is 0 Å². The van der Waals surface area contributed by atoms with E-state index in [0.717, 1.165) is 24.0 Å². The van der Waals surface area contributed by atoms with Crippen molar-refractivity contribution >= 4 is 11.8 Å². The second kappa shape index (κ2) is 8.42. The molecule has 0 aromatic heterocycles. The van der Waals surface area contributed by atoms with E-state index in [1.807, 2.05) is 54.3 Å². The number of nitrogens with one attached hydrogen (secondary N) is 1. The van der Waals surface area contributed by atoms with Gasteiger partial charge >= 0.3 is 0 Å². The monoisotopic (exact) mass is 424 g/mol. The second-order valence-electron chi connectivity index (χ2n) is 8.84. The molecule has 2 heterocycles. The zero-order valence-corrected chi connectivity index (χ0v) is 18.1. The second-order valence-corrected chi connectivity index (χ2v) is 8.84. The van der Waals surface area contributed by atoms with E-state index in [2.05, 4.69) is 5.32 Å². The quantitative estimate of drug-likeness (QED) is 0.816. The number of amides is 2. The lowest BCUT2D eigenvalue weighted by Crippen LogP contribution is -2.55. The third kappa shape index (κ3) is 3.97. The number of halogens is 1. The van der Waals surface area contributed by atoms with Crippen molar-refractivity contribution in [2.24, 2.45) is 5.41 Å². The molecule has 2 aromatic carbocycles. The van der Waals surface area contributed by atoms with Crippen molar-refractivity contribution in [1.82, 2.24) is 10.2 Å². The van der Waals surface area contributed by atoms with Gasteiger partial charge in [-0.25, -0.2) is 4.39 Å². The first-order valence-corrected chi connectivity index (χ1v) is 10.8. The van der Waals surface area contributed by atoms with Crippen molar-refractivity contribution in [1.29, 1.82) is 0 Å². The van der Waals surface area contributed by atoms with Crippen LogP contribution in [0.4, 0.5) is 4.39 Å². The van der Waals surface area contributed by atoms with Crippen LogP contribution in [0.5, 0.6) is 0 Å². The zero-order valence-electron chi connectivity index (χ0n) is 18.1. The summed E-state index contributed by atoms with van der Waals surface area (Å²) in [5.74, 6) is -0.178. The van der Waals surface area contributed by atoms with Gasteiger partial charge in [-0.3, -0.25) is 9.59 Å². The number of nitrogens with zero attached hydrogens (tertiary/aromatic N) is 1. The number of rotatable bonds is 4. The van der Waals surface area contributed by atoms with Crippen LogP contribution in [-0.2, 0) is 19.9 Å². The Labute approximate surface area is 182 Å². The van der Waals surface area contributed by atoms with Crippen molar-refractivity contribution in [2.75, 3.05) is 26.7 Å². The summed E-state index contributed by atoms with van der Waals surface area (Å²) in [5.41, 5.74) is 0.579. The fourth-order valence-electron chi connectivity index (χ4n) is 5.17. The third-order valence-corrected chi connectivity index (χ3v) is 7.21. The Morgan fingerprint density at radius 3 is 2.39 bits per heavy atom. The molecule has 31 heavy (non-hydrogen) atoms. The highest BCUT2D eigenvalue weighted by Gasteiger charge is 2.48. The Bertz CT molecular complexity index is 939. The minimum atomic E-state index is -1.05. The number of benzene rings is 2. The van der Waals surface area contributed by atoms with Gasteiger partial charge in [-0.05, 0) is 48.4 Å². The zero-order chi connectivity index (χ0) is 22.1. The molecule has 2 fully saturated rings. The van der Waals surface area contributed by atoms with Crippen LogP contribution >= 0.6 is 0 Å². The fourth-order valence-corrected chi connectivity index (χ4v) is 5.17. The molecular weight excluding hydrogens is 395 g/mol. The van der Waals surface area contributed by atoms with Crippen LogP contribution in [0.2, 0.25) is 0 Å². The first-order chi connectivity index (χ1) is 14.9. The molecule has 0 bridgehead atoms. The van der Waals surface area contributed by atoms with E-state index < -0.39 is 5.60 Å². The Kier molecular flexibility index (Phi) is 5.84. The van der Waals surface area contributed by atoms with Crippen LogP contribution in [0.15, 0.2) is 54.6 Å². The van der Waals surface area contributed by atoms with Gasteiger partial charge in [0.25, 0.3) is 5.91 Å². The summed E-state index contributed by atoms with van der Waals surface area (Å²) in [7, 11) is 1.56. The van der Waals surface area contributed by atoms with E-state index in [1.54, 1.807) is 7.11 Å². The first-order valence-electron chi connectivity index (χ1n) is 10.8. The molecule has 164 valence electrons. The maximum atomic E-state index is 13.5. The van der Waals surface area contributed by atoms with Crippen LogP contribution in [0.25, 0.3) is 0 Å². The maximum Gasteiger partial charge on any atom is 0.259 e. The molecule has 2 saturated heterocycles. The highest BCUT2D eigenvalue weighted by molar-refractivity contribution is 5.86. The van der Waals surface area contributed by atoms with Crippen LogP contribution in [0, 0.1) is 11.2 Å². The van der Waals surface area contributed by atoms with Gasteiger partial charge in [-0.2, -0.15) is 0 Å². The molecular formula is C25H29FN2O3. The number of piperidine rings is 2. The number of carbonyl (C=O) groups is 2. The minimum Gasteiger partial charge on any atom is -0.364 e. The van der Waals surface area contributed by atoms with Crippen molar-refractivity contribution in [3.8, 4) is 0 Å². The van der Waals surface area contributed by atoms with E-state index in [4.69, 9.17) is 4.74 Å². The predicted octanol–water partition coefficient (Wildman–Crippen LogP) is 3.60. The SMILES string of the molecule is COC(C)(C(=O)N1CCC2(CC1)CC(=O)NCC2c1ccc(F)cc1)c1ccccc1. The summed E-state index contributed by atoms with van der Waals surface area (Å²) < 4.78 is 19.2. The van der Waals surface area contributed by atoms with Crippen LogP contribution in [0.3, 0.4) is 0 Å². The predicted molar refractivity (Wildman–Crippen MR) is 116 cm³/mol. The lowest BCUT2D eigenvalue weighted by Gasteiger charge is -2.50. The highest BCUT2D eigenvalue weighted by Crippen LogP contribution is 2.49. The normalized spacial score (nSPS) is 22.6. The molecule has 2 aliphatic rings. The molecule has 0 saturated carbocycles. The van der Waals surface area contributed by atoms with Gasteiger partial charge in [0.05, 0.1) is 0 Å². The lowest BCUT2D eigenvalue weighted by molar-refractivity contribution is -0.157. The number of ether oxygens (including phenoxy) is 1. The van der Waals surface area contributed by atoms with Crippen molar-refractivity contribution in [3.05, 3.63) is 71.5 Å². The number of likely N-dealkylation sites (tertiary alicyclic amines) is 1. The molecule has 1 spiro atoms. The molecule has 2 atom stereocenters.